The van der Waals surface area contributed by atoms with Crippen molar-refractivity contribution < 1.29 is 4.74 Å². The van der Waals surface area contributed by atoms with E-state index >= 15 is 0 Å². The van der Waals surface area contributed by atoms with E-state index in [1.54, 1.807) is 0 Å². The minimum atomic E-state index is 0. The summed E-state index contributed by atoms with van der Waals surface area (Å²) in [6, 6.07) is 4.84. The van der Waals surface area contributed by atoms with Crippen molar-refractivity contribution in [2.75, 3.05) is 58.4 Å². The zero-order valence-corrected chi connectivity index (χ0v) is 19.4. The van der Waals surface area contributed by atoms with Crippen LogP contribution in [0, 0.1) is 6.92 Å². The molecule has 0 bridgehead atoms. The second-order valence-corrected chi connectivity index (χ2v) is 8.14. The molecule has 2 heterocycles. The number of thiophene rings is 1. The number of halogens is 1. The topological polar surface area (TPSA) is 48.9 Å². The molecule has 144 valence electrons. The van der Waals surface area contributed by atoms with Gasteiger partial charge in [-0.05, 0) is 37.5 Å². The minimum Gasteiger partial charge on any atom is -0.379 e. The van der Waals surface area contributed by atoms with Gasteiger partial charge in [-0.25, -0.2) is 0 Å². The fourth-order valence-electron chi connectivity index (χ4n) is 2.77. The number of ether oxygens (including phenoxy) is 1. The molecular weight excluding hydrogens is 467 g/mol. The van der Waals surface area contributed by atoms with E-state index in [1.807, 2.05) is 30.1 Å². The lowest BCUT2D eigenvalue weighted by Crippen LogP contribution is -2.46. The van der Waals surface area contributed by atoms with Gasteiger partial charge in [-0.1, -0.05) is 0 Å². The number of nitrogens with zero attached hydrogens (tertiary/aromatic N) is 2. The van der Waals surface area contributed by atoms with Gasteiger partial charge in [-0.3, -0.25) is 9.89 Å². The summed E-state index contributed by atoms with van der Waals surface area (Å²) in [7, 11) is 1.84. The number of guanidine groups is 1. The fourth-order valence-corrected chi connectivity index (χ4v) is 4.21. The van der Waals surface area contributed by atoms with Gasteiger partial charge >= 0.3 is 0 Å². The van der Waals surface area contributed by atoms with E-state index in [0.717, 1.165) is 51.8 Å². The summed E-state index contributed by atoms with van der Waals surface area (Å²) < 4.78 is 5.52. The number of rotatable bonds is 8. The standard InChI is InChI=1S/C17H30N4OS2.HI/c1-14-5-6-16(24-14)15(21-8-10-22-11-9-21)13-20-17(18-2)19-7-4-12-23-3;/h5-6,15H,4,7-13H2,1-3H3,(H2,18,19,20);1H. The Bertz CT molecular complexity index is 507. The van der Waals surface area contributed by atoms with Gasteiger partial charge in [0.15, 0.2) is 5.96 Å². The summed E-state index contributed by atoms with van der Waals surface area (Å²) in [6.45, 7) is 7.62. The van der Waals surface area contributed by atoms with Crippen molar-refractivity contribution in [3.05, 3.63) is 21.9 Å². The van der Waals surface area contributed by atoms with E-state index in [4.69, 9.17) is 4.74 Å². The Morgan fingerprint density at radius 1 is 1.36 bits per heavy atom. The van der Waals surface area contributed by atoms with Crippen LogP contribution in [0.1, 0.15) is 22.2 Å². The van der Waals surface area contributed by atoms with Crippen molar-refractivity contribution in [3.8, 4) is 0 Å². The second-order valence-electron chi connectivity index (χ2n) is 5.84. The first kappa shape index (κ1) is 23.0. The highest BCUT2D eigenvalue weighted by molar-refractivity contribution is 14.0. The van der Waals surface area contributed by atoms with E-state index in [-0.39, 0.29) is 24.0 Å². The maximum atomic E-state index is 5.52. The van der Waals surface area contributed by atoms with Crippen LogP contribution in [0.3, 0.4) is 0 Å². The first-order valence-corrected chi connectivity index (χ1v) is 10.8. The monoisotopic (exact) mass is 498 g/mol. The first-order valence-electron chi connectivity index (χ1n) is 8.56. The highest BCUT2D eigenvalue weighted by Gasteiger charge is 2.24. The molecule has 5 nitrogen and oxygen atoms in total. The number of morpholine rings is 1. The van der Waals surface area contributed by atoms with Crippen LogP contribution in [0.4, 0.5) is 0 Å². The molecule has 1 aliphatic heterocycles. The van der Waals surface area contributed by atoms with Gasteiger partial charge in [0.1, 0.15) is 0 Å². The molecule has 1 aromatic rings. The third-order valence-corrected chi connectivity index (χ3v) is 5.88. The Balaban J connectivity index is 0.00000312. The van der Waals surface area contributed by atoms with Gasteiger partial charge in [0.25, 0.3) is 0 Å². The number of thioether (sulfide) groups is 1. The molecule has 1 fully saturated rings. The lowest BCUT2D eigenvalue weighted by molar-refractivity contribution is 0.0177. The zero-order chi connectivity index (χ0) is 17.2. The first-order chi connectivity index (χ1) is 11.7. The van der Waals surface area contributed by atoms with Gasteiger partial charge in [0.05, 0.1) is 19.3 Å². The molecule has 1 atom stereocenters. The predicted molar refractivity (Wildman–Crippen MR) is 122 cm³/mol. The lowest BCUT2D eigenvalue weighted by atomic mass is 10.2. The van der Waals surface area contributed by atoms with Crippen LogP contribution in [-0.2, 0) is 4.74 Å². The summed E-state index contributed by atoms with van der Waals surface area (Å²) in [4.78, 5) is 9.65. The lowest BCUT2D eigenvalue weighted by Gasteiger charge is -2.34. The van der Waals surface area contributed by atoms with Crippen LogP contribution >= 0.6 is 47.1 Å². The van der Waals surface area contributed by atoms with Gasteiger partial charge in [-0.2, -0.15) is 11.8 Å². The number of aliphatic imine (C=N–C) groups is 1. The van der Waals surface area contributed by atoms with Gasteiger partial charge in [0, 0.05) is 43.0 Å². The fraction of sp³-hybridized carbons (Fsp3) is 0.706. The molecule has 2 N–H and O–H groups in total. The molecule has 1 aliphatic rings. The SMILES string of the molecule is CN=C(NCCCSC)NCC(c1ccc(C)s1)N1CCOCC1.I. The van der Waals surface area contributed by atoms with Crippen molar-refractivity contribution in [2.45, 2.75) is 19.4 Å². The Morgan fingerprint density at radius 2 is 2.12 bits per heavy atom. The molecule has 25 heavy (non-hydrogen) atoms. The molecule has 8 heteroatoms. The van der Waals surface area contributed by atoms with E-state index in [9.17, 15) is 0 Å². The average Bonchev–Trinajstić information content (AvgIpc) is 3.04. The van der Waals surface area contributed by atoms with Crippen molar-refractivity contribution >= 4 is 53.0 Å². The van der Waals surface area contributed by atoms with Crippen molar-refractivity contribution in [1.82, 2.24) is 15.5 Å². The zero-order valence-electron chi connectivity index (χ0n) is 15.4. The number of hydrogen-bond donors (Lipinski definition) is 2. The Hall–Kier alpha value is -0.0300. The van der Waals surface area contributed by atoms with E-state index in [1.165, 1.54) is 15.5 Å². The van der Waals surface area contributed by atoms with Crippen LogP contribution in [0.5, 0.6) is 0 Å². The van der Waals surface area contributed by atoms with Crippen LogP contribution in [0.25, 0.3) is 0 Å². The normalized spacial score (nSPS) is 17.0. The average molecular weight is 499 g/mol. The molecule has 0 spiro atoms. The summed E-state index contributed by atoms with van der Waals surface area (Å²) in [6.07, 6.45) is 3.29. The second kappa shape index (κ2) is 13.2. The minimum absolute atomic E-state index is 0. The smallest absolute Gasteiger partial charge is 0.191 e. The molecule has 0 radical (unpaired) electrons. The van der Waals surface area contributed by atoms with Gasteiger partial charge < -0.3 is 15.4 Å². The molecule has 0 saturated carbocycles. The number of hydrogen-bond acceptors (Lipinski definition) is 5. The van der Waals surface area contributed by atoms with Crippen LogP contribution < -0.4 is 10.6 Å². The quantitative estimate of drug-likeness (QED) is 0.250. The molecule has 1 saturated heterocycles. The molecule has 1 aromatic heterocycles. The summed E-state index contributed by atoms with van der Waals surface area (Å²) >= 11 is 3.77. The summed E-state index contributed by atoms with van der Waals surface area (Å²) in [5, 5.41) is 6.91. The molecule has 0 amide bonds. The molecule has 0 aliphatic carbocycles. The van der Waals surface area contributed by atoms with E-state index in [0.29, 0.717) is 6.04 Å². The van der Waals surface area contributed by atoms with E-state index in [2.05, 4.69) is 45.8 Å². The molecule has 0 aromatic carbocycles. The van der Waals surface area contributed by atoms with E-state index < -0.39 is 0 Å². The number of aryl methyl sites for hydroxylation is 1. The Labute approximate surface area is 177 Å². The van der Waals surface area contributed by atoms with Crippen LogP contribution in [0.15, 0.2) is 17.1 Å². The van der Waals surface area contributed by atoms with Gasteiger partial charge in [0.2, 0.25) is 0 Å². The summed E-state index contributed by atoms with van der Waals surface area (Å²) in [5.74, 6) is 2.07. The third kappa shape index (κ3) is 8.03. The maximum Gasteiger partial charge on any atom is 0.191 e. The Morgan fingerprint density at radius 3 is 2.72 bits per heavy atom. The molecule has 2 rings (SSSR count). The third-order valence-electron chi connectivity index (χ3n) is 4.08. The van der Waals surface area contributed by atoms with Crippen molar-refractivity contribution in [2.24, 2.45) is 4.99 Å². The highest BCUT2D eigenvalue weighted by Crippen LogP contribution is 2.27. The maximum absolute atomic E-state index is 5.52. The largest absolute Gasteiger partial charge is 0.379 e. The molecular formula is C17H31IN4OS2. The summed E-state index contributed by atoms with van der Waals surface area (Å²) in [5.41, 5.74) is 0. The predicted octanol–water partition coefficient (Wildman–Crippen LogP) is 2.97. The van der Waals surface area contributed by atoms with Crippen molar-refractivity contribution in [1.29, 1.82) is 0 Å². The van der Waals surface area contributed by atoms with Crippen LogP contribution in [0.2, 0.25) is 0 Å². The molecule has 1 unspecified atom stereocenters. The highest BCUT2D eigenvalue weighted by atomic mass is 127. The van der Waals surface area contributed by atoms with Gasteiger partial charge in [-0.15, -0.1) is 35.3 Å². The Kier molecular flexibility index (Phi) is 12.1. The van der Waals surface area contributed by atoms with Crippen LogP contribution in [-0.4, -0.2) is 69.3 Å². The number of nitrogens with one attached hydrogen (secondary N) is 2. The van der Waals surface area contributed by atoms with Crippen molar-refractivity contribution in [3.63, 3.8) is 0 Å².